The minimum atomic E-state index is -1.03. The van der Waals surface area contributed by atoms with E-state index < -0.39 is 5.97 Å². The third-order valence-electron chi connectivity index (χ3n) is 5.19. The molecule has 1 heterocycles. The van der Waals surface area contributed by atoms with Gasteiger partial charge in [-0.25, -0.2) is 9.59 Å². The van der Waals surface area contributed by atoms with Gasteiger partial charge in [-0.05, 0) is 23.0 Å². The number of fused-ring (bicyclic) bond motifs is 1. The van der Waals surface area contributed by atoms with Crippen LogP contribution in [0.3, 0.4) is 0 Å². The second-order valence-electron chi connectivity index (χ2n) is 6.65. The quantitative estimate of drug-likeness (QED) is 0.884. The van der Waals surface area contributed by atoms with Gasteiger partial charge in [0, 0.05) is 0 Å². The van der Waals surface area contributed by atoms with Crippen LogP contribution >= 0.6 is 0 Å². The van der Waals surface area contributed by atoms with Crippen molar-refractivity contribution >= 4 is 17.0 Å². The van der Waals surface area contributed by atoms with Crippen molar-refractivity contribution in [1.29, 1.82) is 0 Å². The standard InChI is InChI=1S/C15H18N2O3/c1-14(2)12(15(14,3)4)17-9-7-5-6-8(11(18)19)10(9)16-13(17)20/h5-7,12H,1-4H3,(H,16,20)(H,18,19). The number of aromatic carboxylic acids is 1. The minimum Gasteiger partial charge on any atom is -0.478 e. The molecule has 5 nitrogen and oxygen atoms in total. The Morgan fingerprint density at radius 1 is 1.25 bits per heavy atom. The maximum Gasteiger partial charge on any atom is 0.337 e. The molecule has 2 aromatic rings. The maximum absolute atomic E-state index is 12.3. The molecule has 1 saturated carbocycles. The van der Waals surface area contributed by atoms with Crippen LogP contribution in [0.4, 0.5) is 0 Å². The van der Waals surface area contributed by atoms with Crippen LogP contribution in [0.2, 0.25) is 0 Å². The summed E-state index contributed by atoms with van der Waals surface area (Å²) in [6.07, 6.45) is 0. The number of rotatable bonds is 2. The molecular formula is C15H18N2O3. The average molecular weight is 274 g/mol. The Bertz CT molecular complexity index is 766. The smallest absolute Gasteiger partial charge is 0.337 e. The zero-order valence-corrected chi connectivity index (χ0v) is 12.0. The van der Waals surface area contributed by atoms with Gasteiger partial charge in [0.1, 0.15) is 0 Å². The molecule has 0 atom stereocenters. The number of aromatic nitrogens is 2. The number of carboxylic acids is 1. The molecule has 0 bridgehead atoms. The van der Waals surface area contributed by atoms with E-state index >= 15 is 0 Å². The summed E-state index contributed by atoms with van der Waals surface area (Å²) in [4.78, 5) is 26.2. The monoisotopic (exact) mass is 274 g/mol. The third kappa shape index (κ3) is 1.38. The molecule has 1 aromatic carbocycles. The molecule has 5 heteroatoms. The first-order valence-electron chi connectivity index (χ1n) is 6.66. The SMILES string of the molecule is CC1(C)C(n2c(=O)[nH]c3c(C(=O)O)cccc32)C1(C)C. The largest absolute Gasteiger partial charge is 0.478 e. The molecule has 0 saturated heterocycles. The fourth-order valence-electron chi connectivity index (χ4n) is 3.39. The van der Waals surface area contributed by atoms with Crippen LogP contribution in [0.25, 0.3) is 11.0 Å². The summed E-state index contributed by atoms with van der Waals surface area (Å²) in [5.74, 6) is -1.03. The van der Waals surface area contributed by atoms with Crippen molar-refractivity contribution in [2.45, 2.75) is 33.7 Å². The number of hydrogen-bond donors (Lipinski definition) is 2. The van der Waals surface area contributed by atoms with Gasteiger partial charge >= 0.3 is 11.7 Å². The summed E-state index contributed by atoms with van der Waals surface area (Å²) in [5, 5.41) is 9.21. The van der Waals surface area contributed by atoms with Crippen molar-refractivity contribution in [3.05, 3.63) is 34.2 Å². The summed E-state index contributed by atoms with van der Waals surface area (Å²) in [5.41, 5.74) is 0.977. The molecule has 3 rings (SSSR count). The molecule has 0 spiro atoms. The zero-order valence-electron chi connectivity index (χ0n) is 12.0. The van der Waals surface area contributed by atoms with E-state index in [0.29, 0.717) is 11.0 Å². The molecule has 0 amide bonds. The molecule has 20 heavy (non-hydrogen) atoms. The molecule has 2 N–H and O–H groups in total. The van der Waals surface area contributed by atoms with Gasteiger partial charge in [-0.3, -0.25) is 4.57 Å². The molecule has 1 aliphatic rings. The van der Waals surface area contributed by atoms with E-state index in [1.165, 1.54) is 6.07 Å². The van der Waals surface area contributed by atoms with E-state index in [9.17, 15) is 14.7 Å². The van der Waals surface area contributed by atoms with Crippen LogP contribution in [0.1, 0.15) is 44.1 Å². The summed E-state index contributed by atoms with van der Waals surface area (Å²) in [6.45, 7) is 8.52. The number of nitrogens with one attached hydrogen (secondary N) is 1. The first-order chi connectivity index (χ1) is 9.19. The van der Waals surface area contributed by atoms with Gasteiger partial charge in [-0.1, -0.05) is 33.8 Å². The minimum absolute atomic E-state index is 0.00514. The third-order valence-corrected chi connectivity index (χ3v) is 5.19. The Balaban J connectivity index is 2.30. The van der Waals surface area contributed by atoms with Crippen molar-refractivity contribution in [3.63, 3.8) is 0 Å². The Morgan fingerprint density at radius 2 is 1.85 bits per heavy atom. The van der Waals surface area contributed by atoms with Gasteiger partial charge in [0.25, 0.3) is 0 Å². The summed E-state index contributed by atoms with van der Waals surface area (Å²) in [6, 6.07) is 5.05. The highest BCUT2D eigenvalue weighted by Crippen LogP contribution is 2.71. The van der Waals surface area contributed by atoms with Gasteiger partial charge in [0.15, 0.2) is 0 Å². The fraction of sp³-hybridized carbons (Fsp3) is 0.467. The number of aromatic amines is 1. The Kier molecular flexibility index (Phi) is 2.29. The molecule has 0 radical (unpaired) electrons. The van der Waals surface area contributed by atoms with E-state index in [4.69, 9.17) is 0 Å². The topological polar surface area (TPSA) is 75.1 Å². The van der Waals surface area contributed by atoms with Crippen LogP contribution in [0.15, 0.2) is 23.0 Å². The lowest BCUT2D eigenvalue weighted by Gasteiger charge is -2.05. The molecule has 0 aliphatic heterocycles. The van der Waals surface area contributed by atoms with Crippen LogP contribution < -0.4 is 5.69 Å². The Hall–Kier alpha value is -2.04. The van der Waals surface area contributed by atoms with Gasteiger partial charge in [-0.15, -0.1) is 0 Å². The normalized spacial score (nSPS) is 20.2. The number of nitrogens with zero attached hydrogens (tertiary/aromatic N) is 1. The highest BCUT2D eigenvalue weighted by atomic mass is 16.4. The number of H-pyrrole nitrogens is 1. The molecule has 106 valence electrons. The lowest BCUT2D eigenvalue weighted by molar-refractivity contribution is 0.0699. The molecule has 1 fully saturated rings. The van der Waals surface area contributed by atoms with Crippen LogP contribution in [-0.4, -0.2) is 20.6 Å². The van der Waals surface area contributed by atoms with Crippen LogP contribution in [0, 0.1) is 10.8 Å². The maximum atomic E-state index is 12.3. The van der Waals surface area contributed by atoms with Gasteiger partial charge in [0.2, 0.25) is 0 Å². The highest BCUT2D eigenvalue weighted by Gasteiger charge is 2.66. The lowest BCUT2D eigenvalue weighted by atomic mass is 10.0. The number of carbonyl (C=O) groups is 1. The molecule has 1 aliphatic carbocycles. The van der Waals surface area contributed by atoms with Gasteiger partial charge in [0.05, 0.1) is 22.6 Å². The Labute approximate surface area is 116 Å². The van der Waals surface area contributed by atoms with Gasteiger partial charge < -0.3 is 10.1 Å². The second kappa shape index (κ2) is 3.53. The molecular weight excluding hydrogens is 256 g/mol. The summed E-state index contributed by atoms with van der Waals surface area (Å²) < 4.78 is 1.71. The number of hydrogen-bond acceptors (Lipinski definition) is 2. The first-order valence-corrected chi connectivity index (χ1v) is 6.66. The summed E-state index contributed by atoms with van der Waals surface area (Å²) >= 11 is 0. The number of imidazole rings is 1. The number of benzene rings is 1. The van der Waals surface area contributed by atoms with Crippen molar-refractivity contribution in [2.24, 2.45) is 10.8 Å². The van der Waals surface area contributed by atoms with E-state index in [2.05, 4.69) is 32.7 Å². The van der Waals surface area contributed by atoms with E-state index in [1.54, 1.807) is 16.7 Å². The Morgan fingerprint density at radius 3 is 2.35 bits per heavy atom. The second-order valence-corrected chi connectivity index (χ2v) is 6.65. The average Bonchev–Trinajstić information content (AvgIpc) is 2.63. The zero-order chi connectivity index (χ0) is 14.9. The van der Waals surface area contributed by atoms with Crippen molar-refractivity contribution in [2.75, 3.05) is 0 Å². The molecule has 0 unspecified atom stereocenters. The van der Waals surface area contributed by atoms with Crippen molar-refractivity contribution in [1.82, 2.24) is 9.55 Å². The first kappa shape index (κ1) is 13.0. The number of para-hydroxylation sites is 1. The number of carboxylic acid groups (broad SMARTS) is 1. The van der Waals surface area contributed by atoms with Crippen LogP contribution in [0.5, 0.6) is 0 Å². The van der Waals surface area contributed by atoms with Crippen molar-refractivity contribution in [3.8, 4) is 0 Å². The van der Waals surface area contributed by atoms with E-state index in [-0.39, 0.29) is 28.1 Å². The predicted octanol–water partition coefficient (Wildman–Crippen LogP) is 2.63. The van der Waals surface area contributed by atoms with Crippen LogP contribution in [-0.2, 0) is 0 Å². The predicted molar refractivity (Wildman–Crippen MR) is 76.1 cm³/mol. The van der Waals surface area contributed by atoms with Gasteiger partial charge in [-0.2, -0.15) is 0 Å². The summed E-state index contributed by atoms with van der Waals surface area (Å²) in [7, 11) is 0. The highest BCUT2D eigenvalue weighted by molar-refractivity contribution is 6.01. The fourth-order valence-corrected chi connectivity index (χ4v) is 3.39. The lowest BCUT2D eigenvalue weighted by Crippen LogP contribution is -2.18. The van der Waals surface area contributed by atoms with Crippen molar-refractivity contribution < 1.29 is 9.90 Å². The van der Waals surface area contributed by atoms with E-state index in [1.807, 2.05) is 0 Å². The molecule has 1 aromatic heterocycles. The van der Waals surface area contributed by atoms with E-state index in [0.717, 1.165) is 0 Å².